The minimum absolute atomic E-state index is 0.0366. The van der Waals surface area contributed by atoms with Crippen molar-refractivity contribution in [3.05, 3.63) is 48.3 Å². The van der Waals surface area contributed by atoms with Gasteiger partial charge in [0.2, 0.25) is 0 Å². The second kappa shape index (κ2) is 5.83. The third kappa shape index (κ3) is 3.13. The van der Waals surface area contributed by atoms with Crippen LogP contribution in [-0.4, -0.2) is 28.9 Å². The van der Waals surface area contributed by atoms with Gasteiger partial charge in [0.25, 0.3) is 5.91 Å². The van der Waals surface area contributed by atoms with Crippen LogP contribution in [0.2, 0.25) is 0 Å². The lowest BCUT2D eigenvalue weighted by Gasteiger charge is -2.15. The van der Waals surface area contributed by atoms with Crippen LogP contribution in [0.15, 0.2) is 42.6 Å². The van der Waals surface area contributed by atoms with E-state index in [0.29, 0.717) is 22.9 Å². The van der Waals surface area contributed by atoms with Gasteiger partial charge in [0.15, 0.2) is 0 Å². The van der Waals surface area contributed by atoms with Crippen molar-refractivity contribution in [3.8, 4) is 11.5 Å². The van der Waals surface area contributed by atoms with Gasteiger partial charge < -0.3 is 15.4 Å². The van der Waals surface area contributed by atoms with Crippen LogP contribution in [0.25, 0.3) is 0 Å². The maximum Gasteiger partial charge on any atom is 0.272 e. The molecule has 21 heavy (non-hydrogen) atoms. The Labute approximate surface area is 123 Å². The highest BCUT2D eigenvalue weighted by atomic mass is 16.5. The molecule has 2 heterocycles. The summed E-state index contributed by atoms with van der Waals surface area (Å²) >= 11 is 0. The molecule has 5 nitrogen and oxygen atoms in total. The van der Waals surface area contributed by atoms with Crippen molar-refractivity contribution in [1.29, 1.82) is 0 Å². The molecule has 0 unspecified atom stereocenters. The summed E-state index contributed by atoms with van der Waals surface area (Å²) in [7, 11) is 0. The topological polar surface area (TPSA) is 68.5 Å². The van der Waals surface area contributed by atoms with Gasteiger partial charge >= 0.3 is 0 Å². The van der Waals surface area contributed by atoms with Crippen molar-refractivity contribution in [2.45, 2.75) is 12.8 Å². The zero-order valence-electron chi connectivity index (χ0n) is 11.7. The van der Waals surface area contributed by atoms with E-state index in [4.69, 9.17) is 10.5 Å². The number of carbonyl (C=O) groups excluding carboxylic acids is 1. The number of nitrogens with two attached hydrogens (primary N) is 1. The van der Waals surface area contributed by atoms with Crippen LogP contribution >= 0.6 is 0 Å². The maximum atomic E-state index is 12.3. The molecule has 3 rings (SSSR count). The fourth-order valence-electron chi connectivity index (χ4n) is 2.39. The first-order chi connectivity index (χ1) is 10.2. The van der Waals surface area contributed by atoms with Gasteiger partial charge in [0, 0.05) is 37.1 Å². The monoisotopic (exact) mass is 283 g/mol. The molecule has 1 aliphatic rings. The first-order valence-corrected chi connectivity index (χ1v) is 7.01. The Morgan fingerprint density at radius 3 is 2.67 bits per heavy atom. The molecule has 0 bridgehead atoms. The molecule has 1 aliphatic heterocycles. The number of carbonyl (C=O) groups is 1. The smallest absolute Gasteiger partial charge is 0.272 e. The predicted molar refractivity (Wildman–Crippen MR) is 80.3 cm³/mol. The molecule has 5 heteroatoms. The Kier molecular flexibility index (Phi) is 3.73. The molecule has 1 fully saturated rings. The summed E-state index contributed by atoms with van der Waals surface area (Å²) in [6.45, 7) is 1.61. The second-order valence-corrected chi connectivity index (χ2v) is 5.05. The Morgan fingerprint density at radius 1 is 1.14 bits per heavy atom. The number of anilines is 1. The molecule has 0 saturated carbocycles. The summed E-state index contributed by atoms with van der Waals surface area (Å²) in [5.74, 6) is 1.18. The quantitative estimate of drug-likeness (QED) is 0.879. The normalized spacial score (nSPS) is 14.2. The lowest BCUT2D eigenvalue weighted by atomic mass is 10.3. The molecule has 0 atom stereocenters. The van der Waals surface area contributed by atoms with Gasteiger partial charge in [-0.1, -0.05) is 6.07 Å². The van der Waals surface area contributed by atoms with Crippen molar-refractivity contribution in [3.63, 3.8) is 0 Å². The Balaban J connectivity index is 1.78. The van der Waals surface area contributed by atoms with Crippen molar-refractivity contribution < 1.29 is 9.53 Å². The number of ether oxygens (including phenoxy) is 1. The zero-order chi connectivity index (χ0) is 14.7. The largest absolute Gasteiger partial charge is 0.457 e. The first kappa shape index (κ1) is 13.4. The highest BCUT2D eigenvalue weighted by molar-refractivity contribution is 5.92. The van der Waals surface area contributed by atoms with E-state index in [-0.39, 0.29) is 5.91 Å². The molecule has 2 aromatic rings. The van der Waals surface area contributed by atoms with Gasteiger partial charge in [0.1, 0.15) is 17.2 Å². The summed E-state index contributed by atoms with van der Waals surface area (Å²) in [6, 6.07) is 10.6. The number of hydrogen-bond acceptors (Lipinski definition) is 4. The molecule has 0 spiro atoms. The number of hydrogen-bond donors (Lipinski definition) is 1. The molecule has 1 saturated heterocycles. The van der Waals surface area contributed by atoms with Crippen LogP contribution in [0.3, 0.4) is 0 Å². The van der Waals surface area contributed by atoms with E-state index in [1.54, 1.807) is 30.5 Å². The molecule has 1 amide bonds. The predicted octanol–water partition coefficient (Wildman–Crippen LogP) is 2.69. The van der Waals surface area contributed by atoms with E-state index in [1.807, 2.05) is 17.0 Å². The van der Waals surface area contributed by atoms with Gasteiger partial charge in [0.05, 0.1) is 0 Å². The van der Waals surface area contributed by atoms with Crippen LogP contribution < -0.4 is 10.5 Å². The van der Waals surface area contributed by atoms with Gasteiger partial charge in [-0.2, -0.15) is 0 Å². The van der Waals surface area contributed by atoms with E-state index in [9.17, 15) is 4.79 Å². The number of likely N-dealkylation sites (tertiary alicyclic amines) is 1. The summed E-state index contributed by atoms with van der Waals surface area (Å²) in [4.78, 5) is 18.3. The lowest BCUT2D eigenvalue weighted by molar-refractivity contribution is 0.0786. The van der Waals surface area contributed by atoms with Crippen LogP contribution in [0.5, 0.6) is 11.5 Å². The first-order valence-electron chi connectivity index (χ1n) is 7.01. The molecular weight excluding hydrogens is 266 g/mol. The van der Waals surface area contributed by atoms with E-state index in [1.165, 1.54) is 0 Å². The molecule has 0 radical (unpaired) electrons. The second-order valence-electron chi connectivity index (χ2n) is 5.05. The minimum Gasteiger partial charge on any atom is -0.457 e. The van der Waals surface area contributed by atoms with Gasteiger partial charge in [-0.25, -0.2) is 0 Å². The average Bonchev–Trinajstić information content (AvgIpc) is 3.01. The number of aromatic nitrogens is 1. The number of nitrogen functional groups attached to an aromatic ring is 1. The SMILES string of the molecule is Nc1cccc(Oc2ccnc(C(=O)N3CCCC3)c2)c1. The van der Waals surface area contributed by atoms with Gasteiger partial charge in [-0.3, -0.25) is 9.78 Å². The summed E-state index contributed by atoms with van der Waals surface area (Å²) < 4.78 is 5.72. The number of rotatable bonds is 3. The summed E-state index contributed by atoms with van der Waals surface area (Å²) in [5, 5.41) is 0. The van der Waals surface area contributed by atoms with Crippen molar-refractivity contribution >= 4 is 11.6 Å². The van der Waals surface area contributed by atoms with Crippen molar-refractivity contribution in [2.24, 2.45) is 0 Å². The lowest BCUT2D eigenvalue weighted by Crippen LogP contribution is -2.28. The summed E-state index contributed by atoms with van der Waals surface area (Å²) in [5.41, 5.74) is 6.77. The molecule has 0 aliphatic carbocycles. The number of pyridine rings is 1. The highest BCUT2D eigenvalue weighted by Crippen LogP contribution is 2.23. The zero-order valence-corrected chi connectivity index (χ0v) is 11.7. The Bertz CT molecular complexity index is 651. The maximum absolute atomic E-state index is 12.3. The minimum atomic E-state index is -0.0366. The summed E-state index contributed by atoms with van der Waals surface area (Å²) in [6.07, 6.45) is 3.71. The average molecular weight is 283 g/mol. The van der Waals surface area contributed by atoms with Crippen LogP contribution in [-0.2, 0) is 0 Å². The molecule has 108 valence electrons. The third-order valence-corrected chi connectivity index (χ3v) is 3.44. The number of benzene rings is 1. The van der Waals surface area contributed by atoms with Gasteiger partial charge in [-0.15, -0.1) is 0 Å². The van der Waals surface area contributed by atoms with Crippen LogP contribution in [0.4, 0.5) is 5.69 Å². The number of amides is 1. The number of nitrogens with zero attached hydrogens (tertiary/aromatic N) is 2. The Morgan fingerprint density at radius 2 is 1.90 bits per heavy atom. The molecular formula is C16H17N3O2. The molecule has 1 aromatic carbocycles. The van der Waals surface area contributed by atoms with E-state index in [0.717, 1.165) is 25.9 Å². The van der Waals surface area contributed by atoms with Gasteiger partial charge in [-0.05, 0) is 31.0 Å². The van der Waals surface area contributed by atoms with Crippen molar-refractivity contribution in [1.82, 2.24) is 9.88 Å². The molecule has 2 N–H and O–H groups in total. The van der Waals surface area contributed by atoms with E-state index < -0.39 is 0 Å². The fraction of sp³-hybridized carbons (Fsp3) is 0.250. The van der Waals surface area contributed by atoms with Crippen LogP contribution in [0, 0.1) is 0 Å². The highest BCUT2D eigenvalue weighted by Gasteiger charge is 2.20. The van der Waals surface area contributed by atoms with E-state index >= 15 is 0 Å². The molecule has 1 aromatic heterocycles. The van der Waals surface area contributed by atoms with Crippen molar-refractivity contribution in [2.75, 3.05) is 18.8 Å². The fourth-order valence-corrected chi connectivity index (χ4v) is 2.39. The van der Waals surface area contributed by atoms with E-state index in [2.05, 4.69) is 4.98 Å². The van der Waals surface area contributed by atoms with Crippen LogP contribution in [0.1, 0.15) is 23.3 Å². The Hall–Kier alpha value is -2.56. The third-order valence-electron chi connectivity index (χ3n) is 3.44. The standard InChI is InChI=1S/C16H17N3O2/c17-12-4-3-5-13(10-12)21-14-6-7-18-15(11-14)16(20)19-8-1-2-9-19/h3-7,10-11H,1-2,8-9,17H2.